The van der Waals surface area contributed by atoms with Gasteiger partial charge in [-0.15, -0.1) is 34.0 Å². The molecule has 23 aromatic carbocycles. The summed E-state index contributed by atoms with van der Waals surface area (Å²) in [5.41, 5.74) is 36.0. The maximum Gasteiger partial charge on any atom is 0.0641 e. The summed E-state index contributed by atoms with van der Waals surface area (Å²) in [4.78, 5) is 0. The lowest BCUT2D eigenvalue weighted by molar-refractivity contribution is 0.660. The van der Waals surface area contributed by atoms with Crippen LogP contribution in [-0.2, 0) is 12.5 Å². The molecule has 0 fully saturated rings. The molecule has 9 aromatic heterocycles. The van der Waals surface area contributed by atoms with E-state index in [2.05, 4.69) is 540 Å². The second kappa shape index (κ2) is 33.2. The van der Waals surface area contributed by atoms with Crippen molar-refractivity contribution in [3.63, 3.8) is 0 Å². The van der Waals surface area contributed by atoms with E-state index >= 15 is 0 Å². The summed E-state index contributed by atoms with van der Waals surface area (Å²) >= 11 is 5.66. The predicted molar refractivity (Wildman–Crippen MR) is 640 cm³/mol. The number of nitrogens with zero attached hydrogens (tertiary/aromatic N) is 6. The highest BCUT2D eigenvalue weighted by Crippen LogP contribution is 2.54. The number of thiophene rings is 3. The van der Waals surface area contributed by atoms with Crippen molar-refractivity contribution in [2.75, 3.05) is 0 Å². The minimum absolute atomic E-state index is 0.0744. The van der Waals surface area contributed by atoms with Crippen LogP contribution in [0.2, 0.25) is 0 Å². The average molecular weight is 1950 g/mol. The van der Waals surface area contributed by atoms with Crippen molar-refractivity contribution in [3.8, 4) is 84.1 Å². The highest BCUT2D eigenvalue weighted by Gasteiger charge is 2.36. The van der Waals surface area contributed by atoms with Gasteiger partial charge in [-0.05, 0) is 217 Å². The zero-order valence-corrected chi connectivity index (χ0v) is 84.1. The number of benzene rings is 23. The number of para-hydroxylation sites is 6. The van der Waals surface area contributed by atoms with E-state index in [-0.39, 0.29) is 5.41 Å². The van der Waals surface area contributed by atoms with Gasteiger partial charge < -0.3 is 27.4 Å². The molecule has 1 aliphatic carbocycles. The molecule has 1 aliphatic rings. The minimum atomic E-state index is -0.0744. The third-order valence-electron chi connectivity index (χ3n) is 32.2. The number of fused-ring (bicyclic) bond motifs is 34. The van der Waals surface area contributed by atoms with Crippen LogP contribution in [0.3, 0.4) is 0 Å². The predicted octanol–water partition coefficient (Wildman–Crippen LogP) is 39.4. The van der Waals surface area contributed by atoms with E-state index in [9.17, 15) is 0 Å². The smallest absolute Gasteiger partial charge is 0.0641 e. The van der Waals surface area contributed by atoms with Crippen LogP contribution in [0.15, 0.2) is 491 Å². The molecule has 9 heteroatoms. The molecule has 0 unspecified atom stereocenters. The summed E-state index contributed by atoms with van der Waals surface area (Å²) in [6, 6.07) is 181. The minimum Gasteiger partial charge on any atom is -0.344 e. The summed E-state index contributed by atoms with van der Waals surface area (Å²) in [5, 5.41) is 25.8. The molecule has 0 atom stereocenters. The molecule has 0 amide bonds. The van der Waals surface area contributed by atoms with Crippen LogP contribution < -0.4 is 0 Å². The van der Waals surface area contributed by atoms with Gasteiger partial charge in [0.25, 0.3) is 0 Å². The summed E-state index contributed by atoms with van der Waals surface area (Å²) < 4.78 is 22.7. The number of hydrogen-bond donors (Lipinski definition) is 0. The quantitative estimate of drug-likeness (QED) is 0.138. The first-order valence-corrected chi connectivity index (χ1v) is 53.7. The average Bonchev–Trinajstić information content (AvgIpc) is 1.55. The topological polar surface area (TPSA) is 29.6 Å². The fourth-order valence-corrected chi connectivity index (χ4v) is 29.1. The molecule has 698 valence electrons. The molecule has 9 heterocycles. The monoisotopic (exact) mass is 1950 g/mol. The maximum absolute atomic E-state index is 2.50. The Hall–Kier alpha value is -18.2. The van der Waals surface area contributed by atoms with E-state index in [1.54, 1.807) is 0 Å². The first-order valence-electron chi connectivity index (χ1n) is 51.3. The SMILES string of the molecule is CC1(C)c2ccccc2-c2ccc(-n3c4ccccc4c4c3ccc3c5ccccc5n(-c5ccc(-c6cccc7c6sc6ccccc67)cc5)c34)cc21.Cn1c2ccccc2c2c1ccc1c3ccccc3n(-c3ccc(-c4cccc5c4sc4ccccc45)cc3)c12.c1ccc2cc(-c3ccc(-n4c5ccccc5c5c4ccc4c6ccccc6n(-c6ccc(-c7cccc8c7sc7ccccc78)cc6)c45)cc3)ccc2c1. The van der Waals surface area contributed by atoms with Crippen LogP contribution in [0.4, 0.5) is 0 Å². The first-order chi connectivity index (χ1) is 73.6. The van der Waals surface area contributed by atoms with Crippen molar-refractivity contribution in [1.82, 2.24) is 27.4 Å². The molecule has 149 heavy (non-hydrogen) atoms. The van der Waals surface area contributed by atoms with Gasteiger partial charge in [0, 0.05) is 172 Å². The van der Waals surface area contributed by atoms with Gasteiger partial charge in [-0.2, -0.15) is 0 Å². The van der Waals surface area contributed by atoms with Crippen molar-refractivity contribution < 1.29 is 0 Å². The van der Waals surface area contributed by atoms with Crippen molar-refractivity contribution in [3.05, 3.63) is 503 Å². The van der Waals surface area contributed by atoms with Gasteiger partial charge in [-0.3, -0.25) is 0 Å². The van der Waals surface area contributed by atoms with Gasteiger partial charge in [0.2, 0.25) is 0 Å². The molecular weight excluding hydrogens is 1860 g/mol. The Morgan fingerprint density at radius 2 is 0.477 bits per heavy atom. The van der Waals surface area contributed by atoms with Crippen LogP contribution >= 0.6 is 34.0 Å². The van der Waals surface area contributed by atoms with Crippen molar-refractivity contribution in [2.24, 2.45) is 7.05 Å². The van der Waals surface area contributed by atoms with Gasteiger partial charge in [0.15, 0.2) is 0 Å². The van der Waals surface area contributed by atoms with E-state index in [0.29, 0.717) is 0 Å². The van der Waals surface area contributed by atoms with E-state index < -0.39 is 0 Å². The van der Waals surface area contributed by atoms with Crippen molar-refractivity contribution >= 4 is 236 Å². The molecule has 0 aliphatic heterocycles. The fraction of sp³-hybridized carbons (Fsp3) is 0.0286. The summed E-state index contributed by atoms with van der Waals surface area (Å²) in [6.45, 7) is 4.73. The van der Waals surface area contributed by atoms with E-state index in [1.165, 1.54) is 280 Å². The lowest BCUT2D eigenvalue weighted by Crippen LogP contribution is -2.15. The van der Waals surface area contributed by atoms with Gasteiger partial charge >= 0.3 is 0 Å². The van der Waals surface area contributed by atoms with Gasteiger partial charge in [0.1, 0.15) is 0 Å². The van der Waals surface area contributed by atoms with E-state index in [0.717, 1.165) is 17.1 Å². The van der Waals surface area contributed by atoms with Crippen LogP contribution in [0.25, 0.3) is 286 Å². The highest BCUT2D eigenvalue weighted by molar-refractivity contribution is 7.27. The Bertz CT molecular complexity index is 11200. The molecule has 0 radical (unpaired) electrons. The molecule has 33 rings (SSSR count). The molecule has 32 aromatic rings. The summed E-state index contributed by atoms with van der Waals surface area (Å²) in [5.74, 6) is 0. The Morgan fingerprint density at radius 3 is 0.919 bits per heavy atom. The van der Waals surface area contributed by atoms with E-state index in [1.807, 2.05) is 34.0 Å². The third kappa shape index (κ3) is 12.9. The summed E-state index contributed by atoms with van der Waals surface area (Å²) in [7, 11) is 2.17. The van der Waals surface area contributed by atoms with Crippen molar-refractivity contribution in [2.45, 2.75) is 19.3 Å². The van der Waals surface area contributed by atoms with Crippen LogP contribution in [0.1, 0.15) is 25.0 Å². The molecule has 0 saturated heterocycles. The number of aryl methyl sites for hydroxylation is 1. The normalized spacial score (nSPS) is 12.6. The lowest BCUT2D eigenvalue weighted by Gasteiger charge is -2.22. The molecule has 0 spiro atoms. The van der Waals surface area contributed by atoms with Crippen LogP contribution in [0, 0.1) is 0 Å². The Morgan fingerprint density at radius 1 is 0.174 bits per heavy atom. The van der Waals surface area contributed by atoms with Gasteiger partial charge in [0.05, 0.1) is 60.7 Å². The van der Waals surface area contributed by atoms with Crippen LogP contribution in [0.5, 0.6) is 0 Å². The number of rotatable bonds is 9. The van der Waals surface area contributed by atoms with Crippen LogP contribution in [-0.4, -0.2) is 27.4 Å². The molecule has 6 nitrogen and oxygen atoms in total. The number of aromatic nitrogens is 6. The largest absolute Gasteiger partial charge is 0.344 e. The Labute approximate surface area is 869 Å². The second-order valence-corrected chi connectivity index (χ2v) is 43.6. The van der Waals surface area contributed by atoms with E-state index in [4.69, 9.17) is 0 Å². The van der Waals surface area contributed by atoms with Crippen molar-refractivity contribution in [1.29, 1.82) is 0 Å². The maximum atomic E-state index is 2.50. The Balaban J connectivity index is 0.000000102. The third-order valence-corrected chi connectivity index (χ3v) is 35.9. The zero-order valence-electron chi connectivity index (χ0n) is 81.7. The van der Waals surface area contributed by atoms with Gasteiger partial charge in [-0.1, -0.05) is 366 Å². The molecule has 0 bridgehead atoms. The lowest BCUT2D eigenvalue weighted by atomic mass is 9.82. The zero-order chi connectivity index (χ0) is 98.1. The molecule has 0 saturated carbocycles. The molecule has 0 N–H and O–H groups in total. The fourth-order valence-electron chi connectivity index (χ4n) is 25.4. The Kier molecular flexibility index (Phi) is 19.0. The first kappa shape index (κ1) is 85.2. The van der Waals surface area contributed by atoms with Gasteiger partial charge in [-0.25, -0.2) is 0 Å². The second-order valence-electron chi connectivity index (χ2n) is 40.4. The number of hydrogen-bond acceptors (Lipinski definition) is 3. The standard InChI is InChI=1S/C52H32N2S.C51H34N2S.C37H24N2S/c1-2-11-36-32-37(21-20-33(36)10-1)34-22-26-38(27-23-34)53-47-18-7-4-14-45(47)50-48(53)31-30-43-41-12-3-6-17-46(41)54(51(43)50)39-28-24-35(25-29-39)40-15-9-16-44-42-13-5-8-19-49(42)55-52(40)44;1-51(2)42-18-7-3-12-35(42)36-27-26-33(30-43(36)51)52-45-20-9-5-15-41(45)48-46(52)29-28-39-37-13-4-8-19-44(37)53(49(39)48)32-24-22-31(23-25-32)34-16-11-17-40-38-14-6-10-21-47(38)54-50(34)40;1-38-31-14-5-3-11-30(31)35-33(38)22-21-28-26-9-2-6-15-32(26)39(36(28)35)24-19-17-23(18-20-24)25-12-8-13-29-27-10-4-7-16-34(27)40-37(25)29/h1-32H;3-30H,1-2H3;2-22H,1H3. The highest BCUT2D eigenvalue weighted by atomic mass is 32.1. The summed E-state index contributed by atoms with van der Waals surface area (Å²) in [6.07, 6.45) is 0. The molecular formula is C140H90N6S3.